The molecule has 0 saturated heterocycles. The number of nitrogens with zero attached hydrogens (tertiary/aromatic N) is 2. The molecule has 1 atom stereocenters. The minimum absolute atomic E-state index is 0.0171. The summed E-state index contributed by atoms with van der Waals surface area (Å²) in [6.45, 7) is 1.75. The lowest BCUT2D eigenvalue weighted by Crippen LogP contribution is -2.62. The van der Waals surface area contributed by atoms with Gasteiger partial charge in [0.15, 0.2) is 5.78 Å². The number of rotatable bonds is 4. The van der Waals surface area contributed by atoms with Gasteiger partial charge in [-0.2, -0.15) is 13.2 Å². The Balaban J connectivity index is 1.72. The Hall–Kier alpha value is -2.38. The number of Topliss-reactive ketones (excluding diaryl/α,β-unsaturated/α-hetero) is 1. The average Bonchev–Trinajstić information content (AvgIpc) is 3.30. The summed E-state index contributed by atoms with van der Waals surface area (Å²) in [6.07, 6.45) is -0.700. The van der Waals surface area contributed by atoms with Crippen LogP contribution >= 0.6 is 0 Å². The van der Waals surface area contributed by atoms with Gasteiger partial charge in [0.05, 0.1) is 17.5 Å². The number of carbonyl (C=O) groups is 2. The van der Waals surface area contributed by atoms with Gasteiger partial charge >= 0.3 is 6.18 Å². The summed E-state index contributed by atoms with van der Waals surface area (Å²) in [4.78, 5) is 29.3. The highest BCUT2D eigenvalue weighted by atomic mass is 19.4. The average molecular weight is 393 g/mol. The van der Waals surface area contributed by atoms with Gasteiger partial charge in [-0.1, -0.05) is 37.8 Å². The molecule has 1 fully saturated rings. The van der Waals surface area contributed by atoms with Crippen molar-refractivity contribution < 1.29 is 22.8 Å². The highest BCUT2D eigenvalue weighted by Crippen LogP contribution is 2.43. The molecule has 0 radical (unpaired) electrons. The van der Waals surface area contributed by atoms with Crippen LogP contribution in [-0.2, 0) is 21.7 Å². The number of amides is 1. The summed E-state index contributed by atoms with van der Waals surface area (Å²) in [5.74, 6) is -1.44. The third-order valence-corrected chi connectivity index (χ3v) is 6.00. The van der Waals surface area contributed by atoms with E-state index in [1.807, 2.05) is 0 Å². The fourth-order valence-corrected chi connectivity index (χ4v) is 4.56. The molecule has 1 N–H and O–H groups in total. The van der Waals surface area contributed by atoms with Crippen molar-refractivity contribution in [3.63, 3.8) is 0 Å². The lowest BCUT2D eigenvalue weighted by molar-refractivity contribution is -0.218. The smallest absolute Gasteiger partial charge is 0.319 e. The number of para-hydroxylation sites is 1. The van der Waals surface area contributed by atoms with E-state index in [0.29, 0.717) is 17.9 Å². The molecule has 0 spiro atoms. The quantitative estimate of drug-likeness (QED) is 0.860. The summed E-state index contributed by atoms with van der Waals surface area (Å²) >= 11 is 0. The maximum Gasteiger partial charge on any atom is 0.438 e. The topological polar surface area (TPSA) is 64.0 Å². The first kappa shape index (κ1) is 19.0. The van der Waals surface area contributed by atoms with Crippen LogP contribution in [0.4, 0.5) is 13.2 Å². The Morgan fingerprint density at radius 2 is 2.04 bits per heavy atom. The standard InChI is InChI=1S/C20H22F3N3O2/c1-12-5-4-8-14-18(12)24-16-11-15(27)19(26(14)16,20(21,22)23)25-17(28)10-9-13-6-2-3-7-13/h4-5,8,13H,2-3,6-7,9-11H2,1H3,(H,25,28). The molecule has 1 aliphatic carbocycles. The minimum Gasteiger partial charge on any atom is -0.319 e. The molecule has 1 aliphatic heterocycles. The highest BCUT2D eigenvalue weighted by molar-refractivity contribution is 5.98. The van der Waals surface area contributed by atoms with E-state index in [1.54, 1.807) is 19.1 Å². The van der Waals surface area contributed by atoms with Gasteiger partial charge in [-0.3, -0.25) is 14.2 Å². The summed E-state index contributed by atoms with van der Waals surface area (Å²) in [5, 5.41) is 2.07. The lowest BCUT2D eigenvalue weighted by atomic mass is 10.00. The van der Waals surface area contributed by atoms with Crippen LogP contribution in [-0.4, -0.2) is 27.4 Å². The Bertz CT molecular complexity index is 944. The predicted octanol–water partition coefficient (Wildman–Crippen LogP) is 3.77. The first-order chi connectivity index (χ1) is 13.2. The van der Waals surface area contributed by atoms with Crippen molar-refractivity contribution in [3.05, 3.63) is 29.6 Å². The lowest BCUT2D eigenvalue weighted by Gasteiger charge is -2.33. The van der Waals surface area contributed by atoms with Crippen LogP contribution < -0.4 is 5.32 Å². The van der Waals surface area contributed by atoms with E-state index < -0.39 is 30.0 Å². The zero-order chi connectivity index (χ0) is 20.1. The van der Waals surface area contributed by atoms with E-state index in [9.17, 15) is 22.8 Å². The molecule has 1 aromatic heterocycles. The van der Waals surface area contributed by atoms with Crippen molar-refractivity contribution in [1.82, 2.24) is 14.9 Å². The number of carbonyl (C=O) groups excluding carboxylic acids is 2. The van der Waals surface area contributed by atoms with Crippen LogP contribution in [0.5, 0.6) is 0 Å². The summed E-state index contributed by atoms with van der Waals surface area (Å²) in [6, 6.07) is 4.88. The van der Waals surface area contributed by atoms with E-state index in [0.717, 1.165) is 35.8 Å². The second-order valence-corrected chi connectivity index (χ2v) is 7.85. The zero-order valence-electron chi connectivity index (χ0n) is 15.6. The van der Waals surface area contributed by atoms with E-state index in [1.165, 1.54) is 6.07 Å². The van der Waals surface area contributed by atoms with Gasteiger partial charge in [0.25, 0.3) is 5.66 Å². The van der Waals surface area contributed by atoms with Gasteiger partial charge in [-0.05, 0) is 30.9 Å². The molecule has 150 valence electrons. The zero-order valence-corrected chi connectivity index (χ0v) is 15.6. The third kappa shape index (κ3) is 2.81. The number of benzene rings is 1. The number of nitrogens with one attached hydrogen (secondary N) is 1. The van der Waals surface area contributed by atoms with Gasteiger partial charge in [-0.25, -0.2) is 4.98 Å². The number of ketones is 1. The molecule has 1 saturated carbocycles. The van der Waals surface area contributed by atoms with Crippen molar-refractivity contribution in [2.45, 2.75) is 63.7 Å². The Labute approximate surface area is 160 Å². The molecule has 1 amide bonds. The Kier molecular flexibility index (Phi) is 4.47. The maximum absolute atomic E-state index is 14.3. The van der Waals surface area contributed by atoms with Gasteiger partial charge in [0.1, 0.15) is 5.82 Å². The van der Waals surface area contributed by atoms with Crippen molar-refractivity contribution in [2.24, 2.45) is 5.92 Å². The molecule has 2 aromatic rings. The van der Waals surface area contributed by atoms with Gasteiger partial charge in [-0.15, -0.1) is 0 Å². The molecule has 1 unspecified atom stereocenters. The third-order valence-electron chi connectivity index (χ3n) is 6.00. The number of aryl methyl sites for hydroxylation is 1. The molecule has 2 aliphatic rings. The molecule has 2 heterocycles. The van der Waals surface area contributed by atoms with Gasteiger partial charge in [0.2, 0.25) is 5.91 Å². The SMILES string of the molecule is Cc1cccc2c1nc1n2C(NC(=O)CCC2CCCC2)(C(F)(F)F)C(=O)C1. The number of hydrogen-bond acceptors (Lipinski definition) is 3. The molecule has 0 bridgehead atoms. The highest BCUT2D eigenvalue weighted by Gasteiger charge is 2.66. The van der Waals surface area contributed by atoms with Gasteiger partial charge < -0.3 is 5.32 Å². The molecule has 8 heteroatoms. The first-order valence-electron chi connectivity index (χ1n) is 9.62. The molecule has 28 heavy (non-hydrogen) atoms. The first-order valence-corrected chi connectivity index (χ1v) is 9.62. The van der Waals surface area contributed by atoms with Gasteiger partial charge in [0, 0.05) is 6.42 Å². The molecular weight excluding hydrogens is 371 g/mol. The van der Waals surface area contributed by atoms with Crippen LogP contribution in [0, 0.1) is 12.8 Å². The van der Waals surface area contributed by atoms with Crippen molar-refractivity contribution in [1.29, 1.82) is 0 Å². The second-order valence-electron chi connectivity index (χ2n) is 7.85. The minimum atomic E-state index is -4.98. The van der Waals surface area contributed by atoms with Crippen molar-refractivity contribution in [3.8, 4) is 0 Å². The largest absolute Gasteiger partial charge is 0.438 e. The van der Waals surface area contributed by atoms with E-state index in [2.05, 4.69) is 10.3 Å². The van der Waals surface area contributed by atoms with Crippen LogP contribution in [0.3, 0.4) is 0 Å². The normalized spacial score (nSPS) is 22.8. The second kappa shape index (κ2) is 6.60. The molecule has 4 rings (SSSR count). The summed E-state index contributed by atoms with van der Waals surface area (Å²) in [5.41, 5.74) is -1.75. The number of alkyl halides is 3. The van der Waals surface area contributed by atoms with Crippen molar-refractivity contribution in [2.75, 3.05) is 0 Å². The van der Waals surface area contributed by atoms with Crippen LogP contribution in [0.15, 0.2) is 18.2 Å². The Morgan fingerprint density at radius 3 is 2.71 bits per heavy atom. The summed E-state index contributed by atoms with van der Waals surface area (Å²) in [7, 11) is 0. The fourth-order valence-electron chi connectivity index (χ4n) is 4.56. The van der Waals surface area contributed by atoms with Crippen LogP contribution in [0.25, 0.3) is 11.0 Å². The number of imidazole rings is 1. The molecule has 5 nitrogen and oxygen atoms in total. The van der Waals surface area contributed by atoms with Crippen LogP contribution in [0.2, 0.25) is 0 Å². The van der Waals surface area contributed by atoms with E-state index in [4.69, 9.17) is 0 Å². The predicted molar refractivity (Wildman–Crippen MR) is 96.5 cm³/mol. The van der Waals surface area contributed by atoms with E-state index >= 15 is 0 Å². The number of hydrogen-bond donors (Lipinski definition) is 1. The maximum atomic E-state index is 14.3. The monoisotopic (exact) mass is 393 g/mol. The fraction of sp³-hybridized carbons (Fsp3) is 0.550. The Morgan fingerprint density at radius 1 is 1.32 bits per heavy atom. The number of aromatic nitrogens is 2. The summed E-state index contributed by atoms with van der Waals surface area (Å²) < 4.78 is 43.7. The van der Waals surface area contributed by atoms with Crippen LogP contribution in [0.1, 0.15) is 49.9 Å². The number of halogens is 3. The van der Waals surface area contributed by atoms with E-state index in [-0.39, 0.29) is 17.8 Å². The van der Waals surface area contributed by atoms with Crippen molar-refractivity contribution >= 4 is 22.7 Å². The number of fused-ring (bicyclic) bond motifs is 3. The molecular formula is C20H22F3N3O2. The molecule has 1 aromatic carbocycles.